The third-order valence-electron chi connectivity index (χ3n) is 3.21. The molecule has 0 bridgehead atoms. The molecule has 2 rings (SSSR count). The summed E-state index contributed by atoms with van der Waals surface area (Å²) in [4.78, 5) is -0.0233. The molecule has 0 amide bonds. The van der Waals surface area contributed by atoms with E-state index in [4.69, 9.17) is 4.74 Å². The highest BCUT2D eigenvalue weighted by molar-refractivity contribution is 7.89. The average molecular weight is 302 g/mol. The van der Waals surface area contributed by atoms with Crippen molar-refractivity contribution in [2.45, 2.75) is 30.4 Å². The molecule has 1 fully saturated rings. The van der Waals surface area contributed by atoms with Gasteiger partial charge in [0.05, 0.1) is 11.0 Å². The number of sulfonamides is 1. The van der Waals surface area contributed by atoms with E-state index in [1.165, 1.54) is 12.1 Å². The van der Waals surface area contributed by atoms with Crippen LogP contribution in [0.1, 0.15) is 18.4 Å². The van der Waals surface area contributed by atoms with Crippen molar-refractivity contribution in [3.05, 3.63) is 29.6 Å². The molecule has 1 heterocycles. The minimum Gasteiger partial charge on any atom is -0.377 e. The van der Waals surface area contributed by atoms with Crippen LogP contribution < -0.4 is 10.0 Å². The van der Waals surface area contributed by atoms with Crippen LogP contribution in [0, 0.1) is 5.82 Å². The van der Waals surface area contributed by atoms with Crippen LogP contribution in [0.25, 0.3) is 0 Å². The molecule has 1 aliphatic rings. The van der Waals surface area contributed by atoms with E-state index >= 15 is 0 Å². The largest absolute Gasteiger partial charge is 0.377 e. The van der Waals surface area contributed by atoms with Gasteiger partial charge in [0.2, 0.25) is 10.0 Å². The Bertz CT molecular complexity index is 557. The number of hydrogen-bond acceptors (Lipinski definition) is 4. The van der Waals surface area contributed by atoms with Gasteiger partial charge in [-0.2, -0.15) is 0 Å². The molecule has 1 aromatic carbocycles. The minimum absolute atomic E-state index is 0.0233. The van der Waals surface area contributed by atoms with Gasteiger partial charge in [0.1, 0.15) is 5.82 Å². The van der Waals surface area contributed by atoms with Gasteiger partial charge < -0.3 is 10.1 Å². The first-order chi connectivity index (χ1) is 9.53. The van der Waals surface area contributed by atoms with Crippen LogP contribution in [0.5, 0.6) is 0 Å². The van der Waals surface area contributed by atoms with E-state index in [2.05, 4.69) is 10.0 Å². The number of nitrogens with one attached hydrogen (secondary N) is 2. The third kappa shape index (κ3) is 3.76. The zero-order valence-electron chi connectivity index (χ0n) is 11.4. The lowest BCUT2D eigenvalue weighted by Crippen LogP contribution is -2.32. The Morgan fingerprint density at radius 3 is 2.90 bits per heavy atom. The standard InChI is InChI=1S/C13H19FN2O3S/c1-15-8-10-4-5-11(14)7-13(10)20(17,18)16-9-12-3-2-6-19-12/h4-5,7,12,15-16H,2-3,6,8-9H2,1H3. The van der Waals surface area contributed by atoms with Gasteiger partial charge in [0, 0.05) is 19.7 Å². The molecule has 1 atom stereocenters. The lowest BCUT2D eigenvalue weighted by Gasteiger charge is -2.14. The van der Waals surface area contributed by atoms with Gasteiger partial charge in [-0.15, -0.1) is 0 Å². The van der Waals surface area contributed by atoms with Crippen molar-refractivity contribution in [1.82, 2.24) is 10.0 Å². The van der Waals surface area contributed by atoms with Crippen LogP contribution in [0.4, 0.5) is 4.39 Å². The fourth-order valence-corrected chi connectivity index (χ4v) is 3.51. The van der Waals surface area contributed by atoms with E-state index in [0.717, 1.165) is 18.9 Å². The second-order valence-corrected chi connectivity index (χ2v) is 6.50. The summed E-state index contributed by atoms with van der Waals surface area (Å²) in [7, 11) is -2.03. The van der Waals surface area contributed by atoms with Crippen molar-refractivity contribution < 1.29 is 17.5 Å². The maximum atomic E-state index is 13.3. The summed E-state index contributed by atoms with van der Waals surface area (Å²) in [6.45, 7) is 1.24. The molecule has 0 aromatic heterocycles. The summed E-state index contributed by atoms with van der Waals surface area (Å²) in [6.07, 6.45) is 1.69. The van der Waals surface area contributed by atoms with Crippen LogP contribution >= 0.6 is 0 Å². The van der Waals surface area contributed by atoms with Crippen LogP contribution in [0.2, 0.25) is 0 Å². The monoisotopic (exact) mass is 302 g/mol. The second kappa shape index (κ2) is 6.62. The van der Waals surface area contributed by atoms with Gasteiger partial charge in [-0.1, -0.05) is 6.07 Å². The molecule has 1 unspecified atom stereocenters. The number of rotatable bonds is 6. The molecule has 20 heavy (non-hydrogen) atoms. The molecule has 7 heteroatoms. The Labute approximate surface area is 118 Å². The van der Waals surface area contributed by atoms with E-state index in [9.17, 15) is 12.8 Å². The SMILES string of the molecule is CNCc1ccc(F)cc1S(=O)(=O)NCC1CCCO1. The first-order valence-corrected chi connectivity index (χ1v) is 8.05. The summed E-state index contributed by atoms with van der Waals surface area (Å²) in [5.41, 5.74) is 0.536. The molecule has 0 radical (unpaired) electrons. The Balaban J connectivity index is 2.16. The van der Waals surface area contributed by atoms with Crippen molar-refractivity contribution in [1.29, 1.82) is 0 Å². The summed E-state index contributed by atoms with van der Waals surface area (Å²) in [6, 6.07) is 3.78. The first kappa shape index (κ1) is 15.4. The molecule has 112 valence electrons. The lowest BCUT2D eigenvalue weighted by atomic mass is 10.2. The molecular formula is C13H19FN2O3S. The van der Waals surface area contributed by atoms with Crippen molar-refractivity contribution in [2.24, 2.45) is 0 Å². The highest BCUT2D eigenvalue weighted by atomic mass is 32.2. The van der Waals surface area contributed by atoms with Gasteiger partial charge in [-0.25, -0.2) is 17.5 Å². The van der Waals surface area contributed by atoms with Crippen LogP contribution in [0.15, 0.2) is 23.1 Å². The fourth-order valence-electron chi connectivity index (χ4n) is 2.20. The van der Waals surface area contributed by atoms with Crippen molar-refractivity contribution in [3.8, 4) is 0 Å². The lowest BCUT2D eigenvalue weighted by molar-refractivity contribution is 0.114. The molecule has 0 aliphatic carbocycles. The van der Waals surface area contributed by atoms with Gasteiger partial charge in [0.15, 0.2) is 0 Å². The molecule has 0 spiro atoms. The fraction of sp³-hybridized carbons (Fsp3) is 0.538. The number of hydrogen-bond donors (Lipinski definition) is 2. The highest BCUT2D eigenvalue weighted by Gasteiger charge is 2.22. The van der Waals surface area contributed by atoms with E-state index in [0.29, 0.717) is 18.7 Å². The van der Waals surface area contributed by atoms with Gasteiger partial charge in [-0.3, -0.25) is 0 Å². The summed E-state index contributed by atoms with van der Waals surface area (Å²) >= 11 is 0. The van der Waals surface area contributed by atoms with Crippen molar-refractivity contribution in [3.63, 3.8) is 0 Å². The Morgan fingerprint density at radius 2 is 2.25 bits per heavy atom. The first-order valence-electron chi connectivity index (χ1n) is 6.57. The molecule has 1 aliphatic heterocycles. The van der Waals surface area contributed by atoms with E-state index < -0.39 is 15.8 Å². The number of halogens is 1. The van der Waals surface area contributed by atoms with Crippen molar-refractivity contribution in [2.75, 3.05) is 20.2 Å². The Hall–Kier alpha value is -1.02. The van der Waals surface area contributed by atoms with Gasteiger partial charge >= 0.3 is 0 Å². The molecule has 2 N–H and O–H groups in total. The summed E-state index contributed by atoms with van der Waals surface area (Å²) < 4.78 is 45.7. The molecule has 1 saturated heterocycles. The summed E-state index contributed by atoms with van der Waals surface area (Å²) in [5.74, 6) is -0.567. The van der Waals surface area contributed by atoms with Crippen LogP contribution in [-0.4, -0.2) is 34.7 Å². The Kier molecular flexibility index (Phi) is 5.09. The van der Waals surface area contributed by atoms with Crippen molar-refractivity contribution >= 4 is 10.0 Å². The average Bonchev–Trinajstić information content (AvgIpc) is 2.92. The zero-order valence-corrected chi connectivity index (χ0v) is 12.2. The molecule has 1 aromatic rings. The van der Waals surface area contributed by atoms with Crippen LogP contribution in [0.3, 0.4) is 0 Å². The van der Waals surface area contributed by atoms with Gasteiger partial charge in [-0.05, 0) is 37.6 Å². The molecule has 5 nitrogen and oxygen atoms in total. The second-order valence-electron chi connectivity index (χ2n) is 4.77. The minimum atomic E-state index is -3.73. The zero-order chi connectivity index (χ0) is 14.6. The third-order valence-corrected chi connectivity index (χ3v) is 4.72. The topological polar surface area (TPSA) is 67.4 Å². The maximum absolute atomic E-state index is 13.3. The Morgan fingerprint density at radius 1 is 1.45 bits per heavy atom. The summed E-state index contributed by atoms with van der Waals surface area (Å²) in [5, 5.41) is 2.87. The smallest absolute Gasteiger partial charge is 0.241 e. The van der Waals surface area contributed by atoms with Gasteiger partial charge in [0.25, 0.3) is 0 Å². The van der Waals surface area contributed by atoms with E-state index in [1.807, 2.05) is 0 Å². The molecular weight excluding hydrogens is 283 g/mol. The highest BCUT2D eigenvalue weighted by Crippen LogP contribution is 2.18. The predicted octanol–water partition coefficient (Wildman–Crippen LogP) is 1.00. The number of benzene rings is 1. The normalized spacial score (nSPS) is 19.4. The maximum Gasteiger partial charge on any atom is 0.241 e. The van der Waals surface area contributed by atoms with Crippen LogP contribution in [-0.2, 0) is 21.3 Å². The predicted molar refractivity (Wildman–Crippen MR) is 73.3 cm³/mol. The van der Waals surface area contributed by atoms with E-state index in [1.54, 1.807) is 7.05 Å². The quantitative estimate of drug-likeness (QED) is 0.823. The number of ether oxygens (including phenoxy) is 1. The van der Waals surface area contributed by atoms with E-state index in [-0.39, 0.29) is 17.5 Å². The molecule has 0 saturated carbocycles.